The van der Waals surface area contributed by atoms with Crippen LogP contribution < -0.4 is 9.80 Å². The van der Waals surface area contributed by atoms with Gasteiger partial charge in [0, 0.05) is 44.3 Å². The van der Waals surface area contributed by atoms with E-state index in [9.17, 15) is 0 Å². The van der Waals surface area contributed by atoms with Crippen LogP contribution >= 0.6 is 0 Å². The van der Waals surface area contributed by atoms with E-state index in [4.69, 9.17) is 0 Å². The highest BCUT2D eigenvalue weighted by atomic mass is 15.2. The van der Waals surface area contributed by atoms with E-state index in [-0.39, 0.29) is 0 Å². The molecule has 0 heterocycles. The third kappa shape index (κ3) is 8.29. The standard InChI is InChI=1S/C74H50N2/c1-3-15-59-49-67(45-39-53(59)13-1)75(73-69-21-9-5-17-61(69)47-62-18-6-10-22-70(62)73)65-41-35-57(36-42-65)55-31-27-51(28-32-55)25-26-52-29-33-56(34-30-52)58-37-43-66(44-38-58)76(68-46-40-54-14-2-4-16-60(54)50-68)74-71-23-11-7-19-63(71)48-64-20-8-12-24-72(64)74/h1-50H. The predicted molar refractivity (Wildman–Crippen MR) is 327 cm³/mol. The Morgan fingerprint density at radius 2 is 0.461 bits per heavy atom. The van der Waals surface area contributed by atoms with Crippen LogP contribution in [0.25, 0.3) is 99.0 Å². The molecule has 0 aliphatic carbocycles. The molecule has 2 nitrogen and oxygen atoms in total. The van der Waals surface area contributed by atoms with E-state index in [1.54, 1.807) is 0 Å². The average molecular weight is 967 g/mol. The minimum Gasteiger partial charge on any atom is -0.309 e. The summed E-state index contributed by atoms with van der Waals surface area (Å²) >= 11 is 0. The van der Waals surface area contributed by atoms with Crippen LogP contribution in [0.1, 0.15) is 11.1 Å². The zero-order valence-electron chi connectivity index (χ0n) is 41.8. The molecule has 0 aromatic heterocycles. The van der Waals surface area contributed by atoms with Gasteiger partial charge >= 0.3 is 0 Å². The van der Waals surface area contributed by atoms with Crippen molar-refractivity contribution in [1.82, 2.24) is 0 Å². The molecule has 14 aromatic rings. The Bertz CT molecular complexity index is 4100. The van der Waals surface area contributed by atoms with Crippen molar-refractivity contribution in [2.45, 2.75) is 0 Å². The predicted octanol–water partition coefficient (Wildman–Crippen LogP) is 21.0. The second-order valence-corrected chi connectivity index (χ2v) is 19.7. The van der Waals surface area contributed by atoms with Crippen LogP contribution in [0.3, 0.4) is 0 Å². The van der Waals surface area contributed by atoms with Crippen LogP contribution in [-0.4, -0.2) is 0 Å². The first-order valence-electron chi connectivity index (χ1n) is 26.1. The highest BCUT2D eigenvalue weighted by Crippen LogP contribution is 2.47. The molecule has 0 amide bonds. The smallest absolute Gasteiger partial charge is 0.0618 e. The van der Waals surface area contributed by atoms with Crippen LogP contribution in [0, 0.1) is 0 Å². The lowest BCUT2D eigenvalue weighted by Gasteiger charge is -2.29. The van der Waals surface area contributed by atoms with Crippen LogP contribution in [0.15, 0.2) is 291 Å². The topological polar surface area (TPSA) is 6.48 Å². The van der Waals surface area contributed by atoms with E-state index in [1.807, 2.05) is 0 Å². The van der Waals surface area contributed by atoms with Gasteiger partial charge in [0.15, 0.2) is 0 Å². The van der Waals surface area contributed by atoms with Gasteiger partial charge in [-0.3, -0.25) is 0 Å². The molecule has 76 heavy (non-hydrogen) atoms. The molecular formula is C74H50N2. The van der Waals surface area contributed by atoms with E-state index < -0.39 is 0 Å². The third-order valence-electron chi connectivity index (χ3n) is 15.1. The molecule has 0 atom stereocenters. The Morgan fingerprint density at radius 3 is 0.789 bits per heavy atom. The molecule has 0 bridgehead atoms. The molecule has 0 unspecified atom stereocenters. The van der Waals surface area contributed by atoms with E-state index in [2.05, 4.69) is 313 Å². The maximum atomic E-state index is 2.44. The summed E-state index contributed by atoms with van der Waals surface area (Å²) in [6, 6.07) is 106. The van der Waals surface area contributed by atoms with Crippen molar-refractivity contribution < 1.29 is 0 Å². The molecule has 14 rings (SSSR count). The summed E-state index contributed by atoms with van der Waals surface area (Å²) in [5.41, 5.74) is 13.8. The molecule has 14 aromatic carbocycles. The van der Waals surface area contributed by atoms with Crippen molar-refractivity contribution >= 4 is 111 Å². The zero-order valence-corrected chi connectivity index (χ0v) is 41.8. The van der Waals surface area contributed by atoms with E-state index >= 15 is 0 Å². The van der Waals surface area contributed by atoms with Gasteiger partial charge in [0.1, 0.15) is 0 Å². The van der Waals surface area contributed by atoms with Gasteiger partial charge < -0.3 is 9.80 Å². The molecule has 356 valence electrons. The largest absolute Gasteiger partial charge is 0.309 e. The fourth-order valence-corrected chi connectivity index (χ4v) is 11.3. The molecular weight excluding hydrogens is 917 g/mol. The van der Waals surface area contributed by atoms with Crippen molar-refractivity contribution in [2.75, 3.05) is 9.80 Å². The monoisotopic (exact) mass is 966 g/mol. The van der Waals surface area contributed by atoms with Gasteiger partial charge in [0.05, 0.1) is 11.4 Å². The number of hydrogen-bond acceptors (Lipinski definition) is 2. The van der Waals surface area contributed by atoms with E-state index in [1.165, 1.54) is 98.3 Å². The molecule has 0 aliphatic heterocycles. The Labute approximate surface area is 442 Å². The lowest BCUT2D eigenvalue weighted by molar-refractivity contribution is 1.32. The Balaban J connectivity index is 0.724. The second-order valence-electron chi connectivity index (χ2n) is 19.7. The van der Waals surface area contributed by atoms with E-state index in [0.717, 1.165) is 33.9 Å². The number of hydrogen-bond donors (Lipinski definition) is 0. The summed E-state index contributed by atoms with van der Waals surface area (Å²) in [6.45, 7) is 0. The summed E-state index contributed by atoms with van der Waals surface area (Å²) in [4.78, 5) is 4.88. The van der Waals surface area contributed by atoms with Crippen LogP contribution in [0.5, 0.6) is 0 Å². The second kappa shape index (κ2) is 19.1. The van der Waals surface area contributed by atoms with Crippen molar-refractivity contribution in [1.29, 1.82) is 0 Å². The first kappa shape index (κ1) is 44.7. The van der Waals surface area contributed by atoms with Gasteiger partial charge in [-0.15, -0.1) is 0 Å². The van der Waals surface area contributed by atoms with Crippen molar-refractivity contribution in [2.24, 2.45) is 0 Å². The molecule has 0 saturated carbocycles. The molecule has 0 aliphatic rings. The Hall–Kier alpha value is -10.0. The molecule has 0 spiro atoms. The molecule has 0 fully saturated rings. The highest BCUT2D eigenvalue weighted by Gasteiger charge is 2.21. The first-order valence-corrected chi connectivity index (χ1v) is 26.1. The van der Waals surface area contributed by atoms with Crippen molar-refractivity contribution in [3.8, 4) is 22.3 Å². The van der Waals surface area contributed by atoms with Crippen LogP contribution in [-0.2, 0) is 0 Å². The summed E-state index contributed by atoms with van der Waals surface area (Å²) in [7, 11) is 0. The molecule has 0 radical (unpaired) electrons. The van der Waals surface area contributed by atoms with Crippen LogP contribution in [0.2, 0.25) is 0 Å². The summed E-state index contributed by atoms with van der Waals surface area (Å²) in [5, 5.41) is 14.6. The number of nitrogens with zero attached hydrogens (tertiary/aromatic N) is 2. The third-order valence-corrected chi connectivity index (χ3v) is 15.1. The van der Waals surface area contributed by atoms with Crippen LogP contribution in [0.4, 0.5) is 34.1 Å². The van der Waals surface area contributed by atoms with Gasteiger partial charge in [-0.1, -0.05) is 243 Å². The number of anilines is 6. The first-order chi connectivity index (χ1) is 37.6. The van der Waals surface area contributed by atoms with Gasteiger partial charge in [-0.25, -0.2) is 0 Å². The number of rotatable bonds is 10. The zero-order chi connectivity index (χ0) is 50.4. The van der Waals surface area contributed by atoms with Gasteiger partial charge in [0.2, 0.25) is 0 Å². The fourth-order valence-electron chi connectivity index (χ4n) is 11.3. The normalized spacial score (nSPS) is 11.6. The quantitative estimate of drug-likeness (QED) is 0.0995. The van der Waals surface area contributed by atoms with Crippen molar-refractivity contribution in [3.05, 3.63) is 302 Å². The maximum absolute atomic E-state index is 2.44. The maximum Gasteiger partial charge on any atom is 0.0618 e. The summed E-state index contributed by atoms with van der Waals surface area (Å²) in [6.07, 6.45) is 4.40. The molecule has 0 N–H and O–H groups in total. The highest BCUT2D eigenvalue weighted by molar-refractivity contribution is 6.16. The van der Waals surface area contributed by atoms with Gasteiger partial charge in [-0.2, -0.15) is 0 Å². The molecule has 0 saturated heterocycles. The van der Waals surface area contributed by atoms with Crippen molar-refractivity contribution in [3.63, 3.8) is 0 Å². The minimum absolute atomic E-state index is 1.11. The minimum atomic E-state index is 1.11. The fraction of sp³-hybridized carbons (Fsp3) is 0. The molecule has 2 heteroatoms. The number of benzene rings is 14. The Morgan fingerprint density at radius 1 is 0.197 bits per heavy atom. The summed E-state index contributed by atoms with van der Waals surface area (Å²) < 4.78 is 0. The van der Waals surface area contributed by atoms with E-state index in [0.29, 0.717) is 0 Å². The average Bonchev–Trinajstić information content (AvgIpc) is 3.49. The Kier molecular flexibility index (Phi) is 11.2. The SMILES string of the molecule is C(=Cc1ccc(-c2ccc(N(c3ccc4ccccc4c3)c3c4ccccc4cc4ccccc34)cc2)cc1)c1ccc(-c2ccc(N(c3ccc4ccccc4c3)c3c4ccccc4cc4ccccc34)cc2)cc1. The lowest BCUT2D eigenvalue weighted by Crippen LogP contribution is -2.11. The summed E-state index contributed by atoms with van der Waals surface area (Å²) in [5.74, 6) is 0. The lowest BCUT2D eigenvalue weighted by atomic mass is 9.98. The van der Waals surface area contributed by atoms with Gasteiger partial charge in [-0.05, 0) is 137 Å². The van der Waals surface area contributed by atoms with Gasteiger partial charge in [0.25, 0.3) is 0 Å². The number of fused-ring (bicyclic) bond motifs is 6.